The van der Waals surface area contributed by atoms with Crippen LogP contribution in [0.5, 0.6) is 0 Å². The smallest absolute Gasteiger partial charge is 0.0466 e. The van der Waals surface area contributed by atoms with Crippen LogP contribution in [0.2, 0.25) is 0 Å². The van der Waals surface area contributed by atoms with Gasteiger partial charge in [-0.25, -0.2) is 0 Å². The van der Waals surface area contributed by atoms with Crippen molar-refractivity contribution in [1.82, 2.24) is 5.32 Å². The second-order valence-corrected chi connectivity index (χ2v) is 4.75. The van der Waals surface area contributed by atoms with Crippen molar-refractivity contribution < 1.29 is 4.74 Å². The summed E-state index contributed by atoms with van der Waals surface area (Å²) in [6, 6.07) is 15.5. The number of hydrogen-bond donors (Lipinski definition) is 1. The second kappa shape index (κ2) is 7.27. The van der Waals surface area contributed by atoms with Crippen molar-refractivity contribution in [2.24, 2.45) is 0 Å². The first-order chi connectivity index (χ1) is 9.36. The second-order valence-electron chi connectivity index (χ2n) is 4.75. The van der Waals surface area contributed by atoms with Gasteiger partial charge in [0, 0.05) is 19.3 Å². The highest BCUT2D eigenvalue weighted by molar-refractivity contribution is 5.86. The van der Waals surface area contributed by atoms with Gasteiger partial charge in [0.15, 0.2) is 0 Å². The van der Waals surface area contributed by atoms with Crippen molar-refractivity contribution in [2.75, 3.05) is 20.3 Å². The van der Waals surface area contributed by atoms with E-state index in [1.54, 1.807) is 0 Å². The molecule has 1 N–H and O–H groups in total. The Hall–Kier alpha value is -1.38. The third-order valence-electron chi connectivity index (χ3n) is 3.53. The molecular weight excluding hydrogens is 234 g/mol. The monoisotopic (exact) mass is 257 g/mol. The minimum absolute atomic E-state index is 0.395. The highest BCUT2D eigenvalue weighted by Crippen LogP contribution is 2.26. The molecule has 0 radical (unpaired) electrons. The third-order valence-corrected chi connectivity index (χ3v) is 3.53. The molecule has 2 rings (SSSR count). The fourth-order valence-corrected chi connectivity index (χ4v) is 2.54. The van der Waals surface area contributed by atoms with E-state index >= 15 is 0 Å². The maximum atomic E-state index is 5.42. The number of ether oxygens (including phenoxy) is 1. The van der Waals surface area contributed by atoms with Crippen LogP contribution in [-0.2, 0) is 4.74 Å². The fraction of sp³-hybridized carbons (Fsp3) is 0.412. The number of hydrogen-bond acceptors (Lipinski definition) is 2. The molecule has 1 atom stereocenters. The number of benzene rings is 2. The molecule has 0 spiro atoms. The van der Waals surface area contributed by atoms with E-state index in [1.165, 1.54) is 16.3 Å². The molecule has 2 aromatic rings. The number of nitrogens with one attached hydrogen (secondary N) is 1. The summed E-state index contributed by atoms with van der Waals surface area (Å²) in [5.41, 5.74) is 1.39. The van der Waals surface area contributed by atoms with Crippen molar-refractivity contribution in [3.8, 4) is 0 Å². The first-order valence-corrected chi connectivity index (χ1v) is 7.09. The standard InChI is InChI=1S/C17H23NO/c1-3-19-13-7-12-17(18-2)16-11-6-9-14-8-4-5-10-15(14)16/h4-6,8-11,17-18H,3,7,12-13H2,1-2H3. The highest BCUT2D eigenvalue weighted by Gasteiger charge is 2.11. The molecule has 0 amide bonds. The van der Waals surface area contributed by atoms with Crippen molar-refractivity contribution in [1.29, 1.82) is 0 Å². The largest absolute Gasteiger partial charge is 0.382 e. The summed E-state index contributed by atoms with van der Waals surface area (Å²) in [5, 5.41) is 6.09. The summed E-state index contributed by atoms with van der Waals surface area (Å²) < 4.78 is 5.42. The Kier molecular flexibility index (Phi) is 5.37. The molecule has 0 saturated heterocycles. The van der Waals surface area contributed by atoms with Crippen LogP contribution in [0.4, 0.5) is 0 Å². The molecule has 0 saturated carbocycles. The topological polar surface area (TPSA) is 21.3 Å². The Morgan fingerprint density at radius 1 is 1.11 bits per heavy atom. The molecular formula is C17H23NO. The minimum atomic E-state index is 0.395. The van der Waals surface area contributed by atoms with E-state index in [9.17, 15) is 0 Å². The van der Waals surface area contributed by atoms with Gasteiger partial charge in [0.1, 0.15) is 0 Å². The van der Waals surface area contributed by atoms with Crippen LogP contribution >= 0.6 is 0 Å². The lowest BCUT2D eigenvalue weighted by Crippen LogP contribution is -2.17. The van der Waals surface area contributed by atoms with E-state index in [0.717, 1.165) is 26.1 Å². The third kappa shape index (κ3) is 3.55. The molecule has 0 heterocycles. The SMILES string of the molecule is CCOCCCC(NC)c1cccc2ccccc12. The van der Waals surface area contributed by atoms with Gasteiger partial charge < -0.3 is 10.1 Å². The van der Waals surface area contributed by atoms with Crippen LogP contribution in [-0.4, -0.2) is 20.3 Å². The van der Waals surface area contributed by atoms with Crippen LogP contribution in [0.1, 0.15) is 31.4 Å². The van der Waals surface area contributed by atoms with Gasteiger partial charge in [-0.2, -0.15) is 0 Å². The molecule has 0 aliphatic rings. The first kappa shape index (κ1) is 14.0. The van der Waals surface area contributed by atoms with Crippen LogP contribution in [0, 0.1) is 0 Å². The van der Waals surface area contributed by atoms with Gasteiger partial charge in [0.05, 0.1) is 0 Å². The van der Waals surface area contributed by atoms with E-state index in [4.69, 9.17) is 4.74 Å². The Labute approximate surface area is 115 Å². The Bertz CT molecular complexity index is 504. The molecule has 2 heteroatoms. The van der Waals surface area contributed by atoms with Crippen LogP contribution in [0.25, 0.3) is 10.8 Å². The molecule has 19 heavy (non-hydrogen) atoms. The van der Waals surface area contributed by atoms with Crippen LogP contribution < -0.4 is 5.32 Å². The summed E-state index contributed by atoms with van der Waals surface area (Å²) in [6.45, 7) is 3.69. The normalized spacial score (nSPS) is 12.7. The fourth-order valence-electron chi connectivity index (χ4n) is 2.54. The Balaban J connectivity index is 2.16. The maximum Gasteiger partial charge on any atom is 0.0466 e. The molecule has 0 bridgehead atoms. The van der Waals surface area contributed by atoms with Gasteiger partial charge in [-0.05, 0) is 43.1 Å². The lowest BCUT2D eigenvalue weighted by molar-refractivity contribution is 0.141. The van der Waals surface area contributed by atoms with E-state index < -0.39 is 0 Å². The molecule has 1 unspecified atom stereocenters. The maximum absolute atomic E-state index is 5.42. The summed E-state index contributed by atoms with van der Waals surface area (Å²) in [6.07, 6.45) is 2.19. The molecule has 0 fully saturated rings. The van der Waals surface area contributed by atoms with Gasteiger partial charge in [-0.3, -0.25) is 0 Å². The van der Waals surface area contributed by atoms with Crippen molar-refractivity contribution in [3.63, 3.8) is 0 Å². The van der Waals surface area contributed by atoms with E-state index in [1.807, 2.05) is 14.0 Å². The van der Waals surface area contributed by atoms with Gasteiger partial charge in [0.2, 0.25) is 0 Å². The van der Waals surface area contributed by atoms with Crippen molar-refractivity contribution >= 4 is 10.8 Å². The summed E-state index contributed by atoms with van der Waals surface area (Å²) in [4.78, 5) is 0. The molecule has 102 valence electrons. The van der Waals surface area contributed by atoms with Gasteiger partial charge in [-0.15, -0.1) is 0 Å². The summed E-state index contributed by atoms with van der Waals surface area (Å²) >= 11 is 0. The van der Waals surface area contributed by atoms with Crippen molar-refractivity contribution in [2.45, 2.75) is 25.8 Å². The lowest BCUT2D eigenvalue weighted by Gasteiger charge is -2.18. The number of rotatable bonds is 7. The molecule has 0 aliphatic heterocycles. The highest BCUT2D eigenvalue weighted by atomic mass is 16.5. The quantitative estimate of drug-likeness (QED) is 0.759. The molecule has 2 nitrogen and oxygen atoms in total. The van der Waals surface area contributed by atoms with E-state index in [2.05, 4.69) is 47.8 Å². The predicted octanol–water partition coefficient (Wildman–Crippen LogP) is 3.92. The lowest BCUT2D eigenvalue weighted by atomic mass is 9.96. The molecule has 0 aromatic heterocycles. The Morgan fingerprint density at radius 3 is 2.68 bits per heavy atom. The Morgan fingerprint density at radius 2 is 1.89 bits per heavy atom. The van der Waals surface area contributed by atoms with E-state index in [0.29, 0.717) is 6.04 Å². The molecule has 2 aromatic carbocycles. The summed E-state index contributed by atoms with van der Waals surface area (Å²) in [7, 11) is 2.03. The van der Waals surface area contributed by atoms with Crippen LogP contribution in [0.15, 0.2) is 42.5 Å². The zero-order valence-corrected chi connectivity index (χ0v) is 11.9. The van der Waals surface area contributed by atoms with Gasteiger partial charge in [0.25, 0.3) is 0 Å². The zero-order chi connectivity index (χ0) is 13.5. The minimum Gasteiger partial charge on any atom is -0.382 e. The first-order valence-electron chi connectivity index (χ1n) is 7.09. The zero-order valence-electron chi connectivity index (χ0n) is 11.9. The van der Waals surface area contributed by atoms with E-state index in [-0.39, 0.29) is 0 Å². The predicted molar refractivity (Wildman–Crippen MR) is 81.5 cm³/mol. The number of fused-ring (bicyclic) bond motifs is 1. The average molecular weight is 257 g/mol. The average Bonchev–Trinajstić information content (AvgIpc) is 2.47. The summed E-state index contributed by atoms with van der Waals surface area (Å²) in [5.74, 6) is 0. The van der Waals surface area contributed by atoms with Crippen molar-refractivity contribution in [3.05, 3.63) is 48.0 Å². The molecule has 0 aliphatic carbocycles. The van der Waals surface area contributed by atoms with Gasteiger partial charge in [-0.1, -0.05) is 42.5 Å². The van der Waals surface area contributed by atoms with Gasteiger partial charge >= 0.3 is 0 Å². The van der Waals surface area contributed by atoms with Crippen LogP contribution in [0.3, 0.4) is 0 Å².